The van der Waals surface area contributed by atoms with Crippen LogP contribution in [-0.4, -0.2) is 23.2 Å². The summed E-state index contributed by atoms with van der Waals surface area (Å²) < 4.78 is 7.94. The van der Waals surface area contributed by atoms with E-state index in [2.05, 4.69) is 128 Å². The standard InChI is InChI=1S/C31H28NO.C15H18GeN.Ir/c1-31(2,22-12-6-7-13-22)23-18-19-32-27(20-23)25-17-16-24(21-10-4-3-5-11-21)29-26-14-8-9-15-28(26)33-30(25)29;1-12-10-15(13-8-6-5-7-9-13)17-11-14(12)16(2,3)4;/h3-5,8-11,14-16,18-20,22H,6-7,12-13H2,1-2H3;5-8,10-11H,1-4H3;/q2*-1;. The average Bonchev–Trinajstić information content (AvgIpc) is 3.82. The first-order valence-electron chi connectivity index (χ1n) is 17.9. The summed E-state index contributed by atoms with van der Waals surface area (Å²) in [5.74, 6) is 7.93. The Labute approximate surface area is 319 Å². The molecule has 0 spiro atoms. The second-order valence-electron chi connectivity index (χ2n) is 15.3. The van der Waals surface area contributed by atoms with Crippen LogP contribution < -0.4 is 4.40 Å². The van der Waals surface area contributed by atoms with Crippen LogP contribution in [0.5, 0.6) is 0 Å². The number of furan rings is 1. The topological polar surface area (TPSA) is 38.9 Å². The Balaban J connectivity index is 0.000000211. The van der Waals surface area contributed by atoms with Gasteiger partial charge in [-0.25, -0.2) is 0 Å². The van der Waals surface area contributed by atoms with Crippen LogP contribution in [0.4, 0.5) is 0 Å². The third-order valence-electron chi connectivity index (χ3n) is 10.6. The van der Waals surface area contributed by atoms with Crippen LogP contribution in [0.3, 0.4) is 0 Å². The Morgan fingerprint density at radius 2 is 1.53 bits per heavy atom. The summed E-state index contributed by atoms with van der Waals surface area (Å²) in [6.07, 6.45) is 9.35. The third kappa shape index (κ3) is 7.70. The van der Waals surface area contributed by atoms with Crippen LogP contribution in [-0.2, 0) is 25.5 Å². The maximum absolute atomic E-state index is 6.45. The number of nitrogens with zero attached hydrogens (tertiary/aromatic N) is 2. The molecule has 0 bridgehead atoms. The van der Waals surface area contributed by atoms with Crippen molar-refractivity contribution in [2.24, 2.45) is 5.92 Å². The monoisotopic (exact) mass is 909 g/mol. The van der Waals surface area contributed by atoms with E-state index in [0.29, 0.717) is 0 Å². The van der Waals surface area contributed by atoms with Gasteiger partial charge >= 0.3 is 106 Å². The second kappa shape index (κ2) is 15.4. The Morgan fingerprint density at radius 1 is 0.804 bits per heavy atom. The zero-order valence-electron chi connectivity index (χ0n) is 30.5. The van der Waals surface area contributed by atoms with Gasteiger partial charge < -0.3 is 9.40 Å². The van der Waals surface area contributed by atoms with E-state index in [0.717, 1.165) is 55.9 Å². The van der Waals surface area contributed by atoms with E-state index >= 15 is 0 Å². The molecule has 1 saturated carbocycles. The first-order valence-corrected chi connectivity index (χ1v) is 25.3. The van der Waals surface area contributed by atoms with Gasteiger partial charge in [-0.2, -0.15) is 0 Å². The number of fused-ring (bicyclic) bond motifs is 3. The minimum absolute atomic E-state index is 0. The van der Waals surface area contributed by atoms with E-state index in [1.54, 1.807) is 0 Å². The molecule has 3 heterocycles. The Kier molecular flexibility index (Phi) is 11.2. The average molecular weight is 908 g/mol. The molecule has 4 aromatic carbocycles. The van der Waals surface area contributed by atoms with Gasteiger partial charge in [-0.1, -0.05) is 98.0 Å². The second-order valence-corrected chi connectivity index (χ2v) is 25.9. The number of aryl methyl sites for hydroxylation is 1. The maximum atomic E-state index is 6.45. The normalized spacial score (nSPS) is 13.5. The molecule has 1 aliphatic carbocycles. The fraction of sp³-hybridized carbons (Fsp3) is 0.261. The minimum atomic E-state index is -1.77. The van der Waals surface area contributed by atoms with E-state index in [9.17, 15) is 0 Å². The van der Waals surface area contributed by atoms with E-state index < -0.39 is 13.3 Å². The van der Waals surface area contributed by atoms with Crippen molar-refractivity contribution in [3.8, 4) is 33.6 Å². The molecule has 0 aliphatic heterocycles. The molecule has 0 saturated heterocycles. The van der Waals surface area contributed by atoms with Gasteiger partial charge in [-0.15, -0.1) is 12.1 Å². The number of aromatic nitrogens is 2. The number of benzene rings is 4. The van der Waals surface area contributed by atoms with Gasteiger partial charge in [0.2, 0.25) is 0 Å². The fourth-order valence-electron chi connectivity index (χ4n) is 7.70. The van der Waals surface area contributed by atoms with Crippen molar-refractivity contribution in [2.45, 2.75) is 69.1 Å². The van der Waals surface area contributed by atoms with E-state index in [4.69, 9.17) is 9.40 Å². The summed E-state index contributed by atoms with van der Waals surface area (Å²) in [5.41, 5.74) is 10.9. The minimum Gasteiger partial charge on any atom is 0 e. The fourth-order valence-corrected chi connectivity index (χ4v) is 11.3. The molecular formula is C46H46GeIrN2O-2. The van der Waals surface area contributed by atoms with Crippen molar-refractivity contribution in [1.29, 1.82) is 0 Å². The molecule has 51 heavy (non-hydrogen) atoms. The SMILES string of the molecule is CC(C)(c1ccnc(-c2[c-]cc(-c3ccccc3)c3c2oc2ccccc23)c1)C1CCCC1.Cc1cc(-c2[c-]cccc2)nc[c]1[Ge]([CH3])([CH3])[CH3].[Ir]. The third-order valence-corrected chi connectivity index (χ3v) is 15.1. The largest absolute Gasteiger partial charge is 0 e. The first-order chi connectivity index (χ1) is 24.1. The molecule has 3 nitrogen and oxygen atoms in total. The van der Waals surface area contributed by atoms with Crippen LogP contribution >= 0.6 is 0 Å². The van der Waals surface area contributed by atoms with Gasteiger partial charge in [0, 0.05) is 31.7 Å². The van der Waals surface area contributed by atoms with Crippen molar-refractivity contribution in [1.82, 2.24) is 9.97 Å². The summed E-state index contributed by atoms with van der Waals surface area (Å²) in [5, 5.41) is 2.26. The first kappa shape index (κ1) is 36.9. The molecule has 0 atom stereocenters. The predicted molar refractivity (Wildman–Crippen MR) is 212 cm³/mol. The summed E-state index contributed by atoms with van der Waals surface area (Å²) in [7, 11) is 0. The van der Waals surface area contributed by atoms with Crippen molar-refractivity contribution in [3.63, 3.8) is 0 Å². The molecule has 7 aromatic rings. The number of hydrogen-bond donors (Lipinski definition) is 0. The van der Waals surface area contributed by atoms with Gasteiger partial charge in [-0.05, 0) is 53.0 Å². The van der Waals surface area contributed by atoms with Crippen molar-refractivity contribution in [3.05, 3.63) is 139 Å². The number of hydrogen-bond acceptors (Lipinski definition) is 3. The summed E-state index contributed by atoms with van der Waals surface area (Å²) in [4.78, 5) is 9.37. The van der Waals surface area contributed by atoms with E-state index in [-0.39, 0.29) is 25.5 Å². The van der Waals surface area contributed by atoms with E-state index in [1.807, 2.05) is 42.6 Å². The summed E-state index contributed by atoms with van der Waals surface area (Å²) in [6, 6.07) is 42.3. The number of rotatable bonds is 6. The smallest absolute Gasteiger partial charge is 0 e. The summed E-state index contributed by atoms with van der Waals surface area (Å²) in [6.45, 7) is 6.97. The molecule has 1 aliphatic rings. The van der Waals surface area contributed by atoms with Gasteiger partial charge in [0.05, 0.1) is 5.58 Å². The van der Waals surface area contributed by atoms with Crippen LogP contribution in [0.1, 0.15) is 50.7 Å². The molecule has 0 amide bonds. The van der Waals surface area contributed by atoms with Gasteiger partial charge in [0.25, 0.3) is 0 Å². The molecule has 0 N–H and O–H groups in total. The molecule has 1 fully saturated rings. The van der Waals surface area contributed by atoms with Crippen LogP contribution in [0.2, 0.25) is 17.3 Å². The Morgan fingerprint density at radius 3 is 2.24 bits per heavy atom. The summed E-state index contributed by atoms with van der Waals surface area (Å²) >= 11 is -1.77. The molecule has 261 valence electrons. The van der Waals surface area contributed by atoms with Crippen molar-refractivity contribution in [2.75, 3.05) is 0 Å². The molecule has 8 rings (SSSR count). The zero-order valence-corrected chi connectivity index (χ0v) is 35.0. The Hall–Kier alpha value is -3.83. The molecule has 3 aromatic heterocycles. The number of para-hydroxylation sites is 1. The van der Waals surface area contributed by atoms with Crippen molar-refractivity contribution < 1.29 is 24.5 Å². The van der Waals surface area contributed by atoms with E-state index in [1.165, 1.54) is 46.8 Å². The van der Waals surface area contributed by atoms with Crippen LogP contribution in [0, 0.1) is 25.0 Å². The van der Waals surface area contributed by atoms with Gasteiger partial charge in [-0.3, -0.25) is 0 Å². The quantitative estimate of drug-likeness (QED) is 0.123. The number of pyridine rings is 2. The molecule has 5 heteroatoms. The zero-order chi connectivity index (χ0) is 34.9. The molecular weight excluding hydrogens is 861 g/mol. The Bertz CT molecular complexity index is 2250. The molecule has 0 unspecified atom stereocenters. The maximum Gasteiger partial charge on any atom is 0 e. The van der Waals surface area contributed by atoms with Crippen molar-refractivity contribution >= 4 is 39.6 Å². The predicted octanol–water partition coefficient (Wildman–Crippen LogP) is 12.0. The van der Waals surface area contributed by atoms with Gasteiger partial charge in [0.15, 0.2) is 0 Å². The van der Waals surface area contributed by atoms with Crippen LogP contribution in [0.25, 0.3) is 55.6 Å². The molecule has 1 radical (unpaired) electrons. The van der Waals surface area contributed by atoms with Crippen LogP contribution in [0.15, 0.2) is 120 Å². The van der Waals surface area contributed by atoms with Gasteiger partial charge in [0.1, 0.15) is 5.58 Å².